The quantitative estimate of drug-likeness (QED) is 0.306. The van der Waals surface area contributed by atoms with Crippen molar-refractivity contribution >= 4 is 22.6 Å². The molecule has 0 saturated carbocycles. The average Bonchev–Trinajstić information content (AvgIpc) is 3.04. The second kappa shape index (κ2) is 14.1. The Morgan fingerprint density at radius 1 is 1.10 bits per heavy atom. The molecule has 1 heterocycles. The van der Waals surface area contributed by atoms with Gasteiger partial charge in [0.05, 0.1) is 0 Å². The molecule has 1 amide bonds. The average molecular weight is 751 g/mol. The largest absolute Gasteiger partial charge is 0.370 e. The van der Waals surface area contributed by atoms with Crippen LogP contribution in [0.5, 0.6) is 0 Å². The molecular formula is C23H33N3O2W2. The first-order valence-electron chi connectivity index (χ1n) is 10.1. The van der Waals surface area contributed by atoms with Crippen LogP contribution in [-0.2, 0) is 58.1 Å². The summed E-state index contributed by atoms with van der Waals surface area (Å²) in [4.78, 5) is 27.3. The van der Waals surface area contributed by atoms with Gasteiger partial charge in [-0.15, -0.1) is 0 Å². The Kier molecular flexibility index (Phi) is 13.6. The Morgan fingerprint density at radius 2 is 1.77 bits per heavy atom. The summed E-state index contributed by atoms with van der Waals surface area (Å²) in [6.45, 7) is 8.01. The molecule has 0 aliphatic carbocycles. The van der Waals surface area contributed by atoms with Gasteiger partial charge in [0.25, 0.3) is 0 Å². The fourth-order valence-corrected chi connectivity index (χ4v) is 3.46. The molecule has 4 N–H and O–H groups in total. The van der Waals surface area contributed by atoms with Crippen LogP contribution in [0.25, 0.3) is 10.9 Å². The van der Waals surface area contributed by atoms with Gasteiger partial charge in [-0.2, -0.15) is 0 Å². The number of aromatic nitrogens is 1. The fourth-order valence-electron chi connectivity index (χ4n) is 3.46. The van der Waals surface area contributed by atoms with Crippen LogP contribution in [-0.4, -0.2) is 28.8 Å². The van der Waals surface area contributed by atoms with E-state index in [2.05, 4.69) is 30.2 Å². The van der Waals surface area contributed by atoms with Crippen molar-refractivity contribution in [2.75, 3.05) is 0 Å². The van der Waals surface area contributed by atoms with Crippen molar-refractivity contribution in [1.29, 1.82) is 0 Å². The van der Waals surface area contributed by atoms with Crippen LogP contribution < -0.4 is 11.1 Å². The van der Waals surface area contributed by atoms with Crippen molar-refractivity contribution in [3.63, 3.8) is 0 Å². The van der Waals surface area contributed by atoms with Crippen molar-refractivity contribution in [3.05, 3.63) is 48.2 Å². The number of aromatic amines is 1. The van der Waals surface area contributed by atoms with Crippen molar-refractivity contribution in [1.82, 2.24) is 10.3 Å². The number of nitrogens with one attached hydrogen (secondary N) is 2. The molecule has 5 nitrogen and oxygen atoms in total. The zero-order valence-electron chi connectivity index (χ0n) is 18.2. The van der Waals surface area contributed by atoms with E-state index >= 15 is 0 Å². The minimum absolute atomic E-state index is 0. The Bertz CT molecular complexity index is 831. The molecule has 0 fully saturated rings. The van der Waals surface area contributed by atoms with Crippen LogP contribution in [0.1, 0.15) is 46.1 Å². The number of carbonyl (C=O) groups excluding carboxylic acids is 2. The first kappa shape index (κ1) is 29.0. The summed E-state index contributed by atoms with van der Waals surface area (Å²) >= 11 is 0. The van der Waals surface area contributed by atoms with Crippen molar-refractivity contribution in [2.45, 2.75) is 59.0 Å². The van der Waals surface area contributed by atoms with E-state index in [-0.39, 0.29) is 77.7 Å². The summed E-state index contributed by atoms with van der Waals surface area (Å²) in [5.41, 5.74) is 7.54. The second-order valence-corrected chi connectivity index (χ2v) is 8.04. The maximum atomic E-state index is 12.9. The van der Waals surface area contributed by atoms with Gasteiger partial charge >= 0.3 is 0 Å². The summed E-state index contributed by atoms with van der Waals surface area (Å²) in [6.07, 6.45) is 7.63. The molecule has 1 aromatic carbocycles. The summed E-state index contributed by atoms with van der Waals surface area (Å²) in [7, 11) is 0. The van der Waals surface area contributed by atoms with Gasteiger partial charge in [-0.3, -0.25) is 9.59 Å². The number of amides is 1. The topological polar surface area (TPSA) is 88.0 Å². The third-order valence-electron chi connectivity index (χ3n) is 4.87. The molecule has 0 bridgehead atoms. The normalized spacial score (nSPS) is 13.3. The molecule has 0 spiro atoms. The van der Waals surface area contributed by atoms with Crippen LogP contribution in [0.15, 0.2) is 42.6 Å². The van der Waals surface area contributed by atoms with E-state index < -0.39 is 0 Å². The summed E-state index contributed by atoms with van der Waals surface area (Å²) in [6, 6.07) is 8.42. The molecule has 7 heteroatoms. The first-order chi connectivity index (χ1) is 13.3. The van der Waals surface area contributed by atoms with Crippen molar-refractivity contribution < 1.29 is 51.7 Å². The maximum Gasteiger partial charge on any atom is 0.217 e. The van der Waals surface area contributed by atoms with Gasteiger partial charge < -0.3 is 16.0 Å². The summed E-state index contributed by atoms with van der Waals surface area (Å²) < 4.78 is 0. The van der Waals surface area contributed by atoms with Crippen molar-refractivity contribution in [2.24, 2.45) is 17.6 Å². The van der Waals surface area contributed by atoms with Gasteiger partial charge in [-0.1, -0.05) is 58.0 Å². The first-order valence-corrected chi connectivity index (χ1v) is 10.1. The van der Waals surface area contributed by atoms with E-state index in [0.717, 1.165) is 16.5 Å². The molecule has 0 aliphatic heterocycles. The predicted octanol–water partition coefficient (Wildman–Crippen LogP) is 3.74. The Balaban J connectivity index is 0.00000420. The van der Waals surface area contributed by atoms with E-state index in [0.29, 0.717) is 19.3 Å². The van der Waals surface area contributed by atoms with Crippen LogP contribution in [0.2, 0.25) is 0 Å². The predicted molar refractivity (Wildman–Crippen MR) is 115 cm³/mol. The monoisotopic (exact) mass is 751 g/mol. The second-order valence-electron chi connectivity index (χ2n) is 8.04. The number of allylic oxidation sites excluding steroid dienone is 1. The molecule has 0 saturated heterocycles. The molecule has 2 atom stereocenters. The molecule has 2 aromatic rings. The molecule has 0 aliphatic rings. The zero-order valence-corrected chi connectivity index (χ0v) is 24.0. The number of benzene rings is 1. The Hall–Kier alpha value is -1.02. The number of Topliss-reactive ketones (excluding diaryl/α,β-unsaturated/α-hetero) is 1. The number of primary amides is 1. The maximum absolute atomic E-state index is 12.9. The van der Waals surface area contributed by atoms with E-state index in [9.17, 15) is 9.59 Å². The molecule has 2 rings (SSSR count). The third kappa shape index (κ3) is 9.00. The molecule has 164 valence electrons. The Labute approximate surface area is 208 Å². The number of nitrogens with two attached hydrogens (primary N) is 1. The zero-order chi connectivity index (χ0) is 20.7. The minimum atomic E-state index is -0.308. The van der Waals surface area contributed by atoms with Crippen LogP contribution in [0.3, 0.4) is 0 Å². The third-order valence-corrected chi connectivity index (χ3v) is 4.87. The number of carbonyl (C=O) groups is 2. The number of fused-ring (bicyclic) bond motifs is 1. The number of ketones is 1. The van der Waals surface area contributed by atoms with E-state index in [1.807, 2.05) is 50.4 Å². The van der Waals surface area contributed by atoms with E-state index in [1.165, 1.54) is 0 Å². The molecule has 1 aromatic heterocycles. The van der Waals surface area contributed by atoms with Gasteiger partial charge in [0.2, 0.25) is 5.91 Å². The standard InChI is InChI=1S/C23H33N3O2.2W/c1-15(2)23(28)17(9-10-19(26-16(3)4)11-12-22(24)27)13-18-14-25-21-8-6-5-7-20(18)21;;/h5-10,14-17,19,25-26H,11-13H2,1-4H3,(H2,24,27);;/b10-9+;;/t17-,19+;;/m0../s1. The van der Waals surface area contributed by atoms with Crippen LogP contribution in [0, 0.1) is 11.8 Å². The van der Waals surface area contributed by atoms with Gasteiger partial charge in [-0.05, 0) is 24.5 Å². The van der Waals surface area contributed by atoms with Gasteiger partial charge in [-0.25, -0.2) is 0 Å². The number of rotatable bonds is 11. The summed E-state index contributed by atoms with van der Waals surface area (Å²) in [5.74, 6) is -0.330. The van der Waals surface area contributed by atoms with Crippen LogP contribution >= 0.6 is 0 Å². The summed E-state index contributed by atoms with van der Waals surface area (Å²) in [5, 5.41) is 4.59. The van der Waals surface area contributed by atoms with E-state index in [4.69, 9.17) is 5.73 Å². The number of hydrogen-bond donors (Lipinski definition) is 3. The molecular weight excluding hydrogens is 718 g/mol. The van der Waals surface area contributed by atoms with Crippen LogP contribution in [0.4, 0.5) is 0 Å². The SMILES string of the molecule is CC(C)N[C@H](/C=C/[C@@H](Cc1c[nH]c2ccccc12)C(=O)C(C)C)CCC(N)=O.[W].[W]. The van der Waals surface area contributed by atoms with Gasteiger partial charge in [0, 0.05) is 89.6 Å². The van der Waals surface area contributed by atoms with Gasteiger partial charge in [0.1, 0.15) is 5.78 Å². The number of para-hydroxylation sites is 1. The molecule has 30 heavy (non-hydrogen) atoms. The van der Waals surface area contributed by atoms with E-state index in [1.54, 1.807) is 0 Å². The smallest absolute Gasteiger partial charge is 0.217 e. The molecule has 0 unspecified atom stereocenters. The van der Waals surface area contributed by atoms with Crippen molar-refractivity contribution in [3.8, 4) is 0 Å². The van der Waals surface area contributed by atoms with Gasteiger partial charge in [0.15, 0.2) is 0 Å². The Morgan fingerprint density at radius 3 is 2.37 bits per heavy atom. The molecule has 0 radical (unpaired) electrons. The fraction of sp³-hybridized carbons (Fsp3) is 0.478. The number of H-pyrrole nitrogens is 1. The minimum Gasteiger partial charge on any atom is -0.370 e. The number of hydrogen-bond acceptors (Lipinski definition) is 3.